The van der Waals surface area contributed by atoms with Crippen LogP contribution in [0.2, 0.25) is 5.02 Å². The number of methoxy groups -OCH3 is 1. The molecule has 0 amide bonds. The number of nitrogens with one attached hydrogen (secondary N) is 2. The minimum absolute atomic E-state index is 0. The second kappa shape index (κ2) is 13.2. The molecule has 1 aromatic heterocycles. The molecule has 0 bridgehead atoms. The molecule has 1 heterocycles. The summed E-state index contributed by atoms with van der Waals surface area (Å²) < 4.78 is 7.27. The van der Waals surface area contributed by atoms with Crippen molar-refractivity contribution >= 4 is 41.5 Å². The van der Waals surface area contributed by atoms with Gasteiger partial charge in [-0.3, -0.25) is 0 Å². The zero-order valence-corrected chi connectivity index (χ0v) is 20.8. The first-order chi connectivity index (χ1) is 14.7. The fraction of sp³-hybridized carbons (Fsp3) is 0.318. The number of nitrogens with zero attached hydrogens (tertiary/aromatic N) is 4. The maximum Gasteiger partial charge on any atom is 0.191 e. The molecule has 0 atom stereocenters. The predicted molar refractivity (Wildman–Crippen MR) is 135 cm³/mol. The van der Waals surface area contributed by atoms with Crippen LogP contribution in [0, 0.1) is 0 Å². The molecule has 31 heavy (non-hydrogen) atoms. The summed E-state index contributed by atoms with van der Waals surface area (Å²) in [5.41, 5.74) is 2.19. The number of ether oxygens (including phenoxy) is 1. The van der Waals surface area contributed by atoms with Crippen molar-refractivity contribution in [2.24, 2.45) is 4.99 Å². The van der Waals surface area contributed by atoms with Crippen molar-refractivity contribution in [2.45, 2.75) is 33.0 Å². The topological polar surface area (TPSA) is 76.4 Å². The molecule has 0 saturated heterocycles. The van der Waals surface area contributed by atoms with Gasteiger partial charge in [0.1, 0.15) is 17.9 Å². The summed E-state index contributed by atoms with van der Waals surface area (Å²) in [6, 6.07) is 15.7. The molecule has 2 N–H and O–H groups in total. The molecule has 0 aliphatic rings. The van der Waals surface area contributed by atoms with Crippen molar-refractivity contribution in [3.8, 4) is 5.75 Å². The summed E-state index contributed by atoms with van der Waals surface area (Å²) in [6.45, 7) is 4.72. The Labute approximate surface area is 205 Å². The summed E-state index contributed by atoms with van der Waals surface area (Å²) >= 11 is 6.09. The largest absolute Gasteiger partial charge is 0.497 e. The predicted octanol–water partition coefficient (Wildman–Crippen LogP) is 4.06. The third-order valence-electron chi connectivity index (χ3n) is 4.58. The smallest absolute Gasteiger partial charge is 0.191 e. The van der Waals surface area contributed by atoms with E-state index in [2.05, 4.69) is 27.8 Å². The van der Waals surface area contributed by atoms with Crippen LogP contribution in [0.15, 0.2) is 59.9 Å². The van der Waals surface area contributed by atoms with Crippen LogP contribution in [-0.4, -0.2) is 34.4 Å². The quantitative estimate of drug-likeness (QED) is 0.237. The Morgan fingerprint density at radius 1 is 1.13 bits per heavy atom. The molecule has 3 aromatic rings. The Morgan fingerprint density at radius 2 is 1.94 bits per heavy atom. The van der Waals surface area contributed by atoms with Gasteiger partial charge in [-0.05, 0) is 35.4 Å². The second-order valence-electron chi connectivity index (χ2n) is 6.72. The molecule has 0 spiro atoms. The summed E-state index contributed by atoms with van der Waals surface area (Å²) in [7, 11) is 1.66. The summed E-state index contributed by atoms with van der Waals surface area (Å²) in [4.78, 5) is 4.72. The van der Waals surface area contributed by atoms with Crippen LogP contribution in [0.5, 0.6) is 5.75 Å². The van der Waals surface area contributed by atoms with E-state index < -0.39 is 0 Å². The number of hydrogen-bond acceptors (Lipinski definition) is 4. The van der Waals surface area contributed by atoms with Crippen molar-refractivity contribution in [2.75, 3.05) is 13.7 Å². The Kier molecular flexibility index (Phi) is 10.6. The highest BCUT2D eigenvalue weighted by Gasteiger charge is 2.04. The molecule has 3 rings (SSSR count). The lowest BCUT2D eigenvalue weighted by molar-refractivity contribution is 0.414. The van der Waals surface area contributed by atoms with Gasteiger partial charge >= 0.3 is 0 Å². The Bertz CT molecular complexity index is 961. The van der Waals surface area contributed by atoms with Gasteiger partial charge in [-0.25, -0.2) is 4.99 Å². The minimum atomic E-state index is 0. The van der Waals surface area contributed by atoms with E-state index in [4.69, 9.17) is 21.3 Å². The van der Waals surface area contributed by atoms with Crippen molar-refractivity contribution in [3.63, 3.8) is 0 Å². The molecule has 0 radical (unpaired) electrons. The van der Waals surface area contributed by atoms with Gasteiger partial charge < -0.3 is 19.9 Å². The number of benzene rings is 2. The summed E-state index contributed by atoms with van der Waals surface area (Å²) in [6.07, 6.45) is 2.61. The lowest BCUT2D eigenvalue weighted by atomic mass is 10.2. The van der Waals surface area contributed by atoms with Crippen LogP contribution >= 0.6 is 35.6 Å². The van der Waals surface area contributed by atoms with Crippen molar-refractivity contribution in [1.29, 1.82) is 0 Å². The van der Waals surface area contributed by atoms with Gasteiger partial charge in [-0.1, -0.05) is 42.8 Å². The zero-order valence-electron chi connectivity index (χ0n) is 17.7. The lowest BCUT2D eigenvalue weighted by Crippen LogP contribution is -2.38. The number of aromatic nitrogens is 3. The first-order valence-electron chi connectivity index (χ1n) is 9.94. The van der Waals surface area contributed by atoms with Crippen LogP contribution < -0.4 is 15.4 Å². The summed E-state index contributed by atoms with van der Waals surface area (Å²) in [5, 5.41) is 15.6. The molecule has 0 aliphatic heterocycles. The maximum atomic E-state index is 6.09. The monoisotopic (exact) mass is 554 g/mol. The van der Waals surface area contributed by atoms with E-state index in [0.717, 1.165) is 41.6 Å². The second-order valence-corrected chi connectivity index (χ2v) is 7.15. The number of aliphatic imine (C=N–C) groups is 1. The van der Waals surface area contributed by atoms with Crippen molar-refractivity contribution < 1.29 is 4.74 Å². The highest BCUT2D eigenvalue weighted by Crippen LogP contribution is 2.12. The molecule has 0 aliphatic carbocycles. The zero-order chi connectivity index (χ0) is 21.2. The average molecular weight is 555 g/mol. The van der Waals surface area contributed by atoms with Gasteiger partial charge in [0.2, 0.25) is 0 Å². The fourth-order valence-corrected chi connectivity index (χ4v) is 3.16. The normalized spacial score (nSPS) is 11.0. The van der Waals surface area contributed by atoms with E-state index in [1.165, 1.54) is 0 Å². The first-order valence-corrected chi connectivity index (χ1v) is 10.3. The standard InChI is InChI=1S/C22H27ClN6O.HI/c1-3-21-28-27-16-29(21)12-11-24-22(26-15-18-5-4-6-19(23)13-18)25-14-17-7-9-20(30-2)10-8-17;/h4-10,13,16H,3,11-12,14-15H2,1-2H3,(H2,24,25,26);1H. The van der Waals surface area contributed by atoms with E-state index in [9.17, 15) is 0 Å². The average Bonchev–Trinajstić information content (AvgIpc) is 3.23. The molecular weight excluding hydrogens is 527 g/mol. The van der Waals surface area contributed by atoms with Gasteiger partial charge in [0.15, 0.2) is 5.96 Å². The molecule has 0 saturated carbocycles. The number of hydrogen-bond donors (Lipinski definition) is 2. The maximum absolute atomic E-state index is 6.09. The first kappa shape index (κ1) is 24.9. The molecule has 0 fully saturated rings. The SMILES string of the molecule is CCc1nncn1CCNC(=NCc1cccc(Cl)c1)NCc1ccc(OC)cc1.I. The van der Waals surface area contributed by atoms with Gasteiger partial charge in [0.05, 0.1) is 13.7 Å². The van der Waals surface area contributed by atoms with E-state index in [1.807, 2.05) is 53.1 Å². The highest BCUT2D eigenvalue weighted by atomic mass is 127. The number of rotatable bonds is 9. The number of halogens is 2. The minimum Gasteiger partial charge on any atom is -0.497 e. The van der Waals surface area contributed by atoms with Crippen LogP contribution in [0.4, 0.5) is 0 Å². The van der Waals surface area contributed by atoms with Gasteiger partial charge in [-0.2, -0.15) is 0 Å². The molecule has 0 unspecified atom stereocenters. The van der Waals surface area contributed by atoms with Crippen LogP contribution in [0.1, 0.15) is 23.9 Å². The number of guanidine groups is 1. The molecule has 9 heteroatoms. The Morgan fingerprint density at radius 3 is 2.65 bits per heavy atom. The van der Waals surface area contributed by atoms with Crippen LogP contribution in [-0.2, 0) is 26.1 Å². The van der Waals surface area contributed by atoms with E-state index in [1.54, 1.807) is 13.4 Å². The lowest BCUT2D eigenvalue weighted by Gasteiger charge is -2.14. The molecule has 7 nitrogen and oxygen atoms in total. The summed E-state index contributed by atoms with van der Waals surface area (Å²) in [5.74, 6) is 2.55. The van der Waals surface area contributed by atoms with E-state index in [-0.39, 0.29) is 24.0 Å². The Hall–Kier alpha value is -2.33. The van der Waals surface area contributed by atoms with Crippen molar-refractivity contribution in [1.82, 2.24) is 25.4 Å². The molecular formula is C22H28ClIN6O. The fourth-order valence-electron chi connectivity index (χ4n) is 2.94. The van der Waals surface area contributed by atoms with Gasteiger partial charge in [-0.15, -0.1) is 34.2 Å². The van der Waals surface area contributed by atoms with E-state index >= 15 is 0 Å². The van der Waals surface area contributed by atoms with Crippen LogP contribution in [0.25, 0.3) is 0 Å². The van der Waals surface area contributed by atoms with Gasteiger partial charge in [0.25, 0.3) is 0 Å². The third kappa shape index (κ3) is 8.02. The van der Waals surface area contributed by atoms with Crippen molar-refractivity contribution in [3.05, 3.63) is 76.8 Å². The highest BCUT2D eigenvalue weighted by molar-refractivity contribution is 14.0. The Balaban J connectivity index is 0.00000341. The van der Waals surface area contributed by atoms with Crippen LogP contribution in [0.3, 0.4) is 0 Å². The van der Waals surface area contributed by atoms with Gasteiger partial charge in [0, 0.05) is 31.1 Å². The molecule has 166 valence electrons. The number of aryl methyl sites for hydroxylation is 1. The molecule has 2 aromatic carbocycles. The third-order valence-corrected chi connectivity index (χ3v) is 4.82. The van der Waals surface area contributed by atoms with E-state index in [0.29, 0.717) is 24.7 Å².